The molecule has 0 saturated carbocycles. The average Bonchev–Trinajstić information content (AvgIpc) is 3.07. The largest absolute Gasteiger partial charge is 0.462 e. The van der Waals surface area contributed by atoms with Crippen LogP contribution in [-0.2, 0) is 17.6 Å². The number of carbonyl (C=O) groups excluding carboxylic acids is 2. The molecule has 1 aromatic heterocycles. The lowest BCUT2D eigenvalue weighted by Crippen LogP contribution is -2.20. The Labute approximate surface area is 149 Å². The van der Waals surface area contributed by atoms with E-state index in [1.807, 2.05) is 0 Å². The van der Waals surface area contributed by atoms with Crippen LogP contribution in [0.2, 0.25) is 5.02 Å². The van der Waals surface area contributed by atoms with E-state index in [-0.39, 0.29) is 5.97 Å². The van der Waals surface area contributed by atoms with Crippen molar-refractivity contribution in [2.75, 3.05) is 17.2 Å². The molecular weight excluding hydrogens is 348 g/mol. The van der Waals surface area contributed by atoms with Crippen LogP contribution in [0.5, 0.6) is 0 Å². The molecule has 7 heteroatoms. The first-order valence-electron chi connectivity index (χ1n) is 7.73. The van der Waals surface area contributed by atoms with Crippen molar-refractivity contribution in [3.63, 3.8) is 0 Å². The maximum Gasteiger partial charge on any atom is 0.341 e. The summed E-state index contributed by atoms with van der Waals surface area (Å²) in [5.41, 5.74) is 2.09. The second-order valence-electron chi connectivity index (χ2n) is 5.37. The summed E-state index contributed by atoms with van der Waals surface area (Å²) in [6.07, 6.45) is 2.81. The van der Waals surface area contributed by atoms with Crippen molar-refractivity contribution in [2.24, 2.45) is 0 Å². The number of esters is 1. The Balaban J connectivity index is 1.79. The SMILES string of the molecule is CCOC(=O)c1c(NC(=O)Nc2cccc(Cl)c2)sc2c1CCC2. The lowest BCUT2D eigenvalue weighted by molar-refractivity contribution is 0.0527. The number of hydrogen-bond acceptors (Lipinski definition) is 4. The Morgan fingerprint density at radius 3 is 2.88 bits per heavy atom. The molecule has 0 spiro atoms. The summed E-state index contributed by atoms with van der Waals surface area (Å²) < 4.78 is 5.15. The van der Waals surface area contributed by atoms with Gasteiger partial charge in [0.1, 0.15) is 5.00 Å². The highest BCUT2D eigenvalue weighted by Gasteiger charge is 2.28. The van der Waals surface area contributed by atoms with Crippen LogP contribution >= 0.6 is 22.9 Å². The third-order valence-electron chi connectivity index (χ3n) is 3.71. The molecule has 126 valence electrons. The number of amides is 2. The van der Waals surface area contributed by atoms with Crippen molar-refractivity contribution in [1.29, 1.82) is 0 Å². The third kappa shape index (κ3) is 3.55. The minimum absolute atomic E-state index is 0.303. The van der Waals surface area contributed by atoms with Crippen LogP contribution in [0, 0.1) is 0 Å². The van der Waals surface area contributed by atoms with Crippen LogP contribution in [0.4, 0.5) is 15.5 Å². The van der Waals surface area contributed by atoms with Gasteiger partial charge in [0.15, 0.2) is 0 Å². The molecular formula is C17H17ClN2O3S. The van der Waals surface area contributed by atoms with Gasteiger partial charge >= 0.3 is 12.0 Å². The standard InChI is InChI=1S/C17H17ClN2O3S/c1-2-23-16(21)14-12-7-4-8-13(12)24-15(14)20-17(22)19-11-6-3-5-10(18)9-11/h3,5-6,9H,2,4,7-8H2,1H3,(H2,19,20,22). The number of thiophene rings is 1. The maximum atomic E-state index is 12.3. The van der Waals surface area contributed by atoms with E-state index in [1.54, 1.807) is 31.2 Å². The predicted molar refractivity (Wildman–Crippen MR) is 96.4 cm³/mol. The van der Waals surface area contributed by atoms with Crippen LogP contribution in [0.3, 0.4) is 0 Å². The van der Waals surface area contributed by atoms with Gasteiger partial charge in [0.2, 0.25) is 0 Å². The summed E-state index contributed by atoms with van der Waals surface area (Å²) in [5.74, 6) is -0.380. The molecule has 2 amide bonds. The van der Waals surface area contributed by atoms with E-state index >= 15 is 0 Å². The summed E-state index contributed by atoms with van der Waals surface area (Å²) in [6.45, 7) is 2.07. The number of anilines is 2. The van der Waals surface area contributed by atoms with E-state index in [2.05, 4.69) is 10.6 Å². The van der Waals surface area contributed by atoms with Gasteiger partial charge in [-0.05, 0) is 49.9 Å². The molecule has 1 aliphatic carbocycles. The molecule has 0 saturated heterocycles. The summed E-state index contributed by atoms with van der Waals surface area (Å²) in [6, 6.07) is 6.46. The topological polar surface area (TPSA) is 67.4 Å². The zero-order valence-electron chi connectivity index (χ0n) is 13.1. The molecule has 0 atom stereocenters. The Morgan fingerprint density at radius 2 is 2.12 bits per heavy atom. The number of aryl methyl sites for hydroxylation is 1. The van der Waals surface area contributed by atoms with Gasteiger partial charge < -0.3 is 10.1 Å². The fourth-order valence-corrected chi connectivity index (χ4v) is 4.21. The van der Waals surface area contributed by atoms with Crippen molar-refractivity contribution in [3.8, 4) is 0 Å². The van der Waals surface area contributed by atoms with Crippen LogP contribution in [0.1, 0.15) is 34.1 Å². The lowest BCUT2D eigenvalue weighted by Gasteiger charge is -2.09. The molecule has 1 aromatic carbocycles. The van der Waals surface area contributed by atoms with E-state index in [9.17, 15) is 9.59 Å². The number of urea groups is 1. The zero-order chi connectivity index (χ0) is 17.1. The average molecular weight is 365 g/mol. The summed E-state index contributed by atoms with van der Waals surface area (Å²) in [7, 11) is 0. The van der Waals surface area contributed by atoms with Gasteiger partial charge in [-0.1, -0.05) is 17.7 Å². The first-order valence-corrected chi connectivity index (χ1v) is 8.93. The molecule has 3 rings (SSSR count). The Hall–Kier alpha value is -2.05. The highest BCUT2D eigenvalue weighted by molar-refractivity contribution is 7.17. The van der Waals surface area contributed by atoms with E-state index in [4.69, 9.17) is 16.3 Å². The molecule has 1 heterocycles. The molecule has 0 aliphatic heterocycles. The predicted octanol–water partition coefficient (Wildman–Crippen LogP) is 4.71. The molecule has 1 aliphatic rings. The Morgan fingerprint density at radius 1 is 1.29 bits per heavy atom. The monoisotopic (exact) mass is 364 g/mol. The molecule has 0 bridgehead atoms. The molecule has 0 unspecified atom stereocenters. The molecule has 2 N–H and O–H groups in total. The van der Waals surface area contributed by atoms with Crippen molar-refractivity contribution >= 4 is 45.6 Å². The molecule has 24 heavy (non-hydrogen) atoms. The smallest absolute Gasteiger partial charge is 0.341 e. The summed E-state index contributed by atoms with van der Waals surface area (Å²) in [4.78, 5) is 25.7. The van der Waals surface area contributed by atoms with Gasteiger partial charge in [0, 0.05) is 15.6 Å². The molecule has 0 radical (unpaired) electrons. The van der Waals surface area contributed by atoms with E-state index in [0.717, 1.165) is 29.7 Å². The number of halogens is 1. The fourth-order valence-electron chi connectivity index (χ4n) is 2.74. The minimum Gasteiger partial charge on any atom is -0.462 e. The first-order chi connectivity index (χ1) is 11.6. The second kappa shape index (κ2) is 7.23. The Bertz CT molecular complexity index is 788. The number of carbonyl (C=O) groups is 2. The van der Waals surface area contributed by atoms with Crippen LogP contribution in [0.15, 0.2) is 24.3 Å². The van der Waals surface area contributed by atoms with Gasteiger partial charge in [-0.25, -0.2) is 9.59 Å². The summed E-state index contributed by atoms with van der Waals surface area (Å²) >= 11 is 7.36. The molecule has 5 nitrogen and oxygen atoms in total. The Kier molecular flexibility index (Phi) is 5.06. The maximum absolute atomic E-state index is 12.3. The third-order valence-corrected chi connectivity index (χ3v) is 5.15. The van der Waals surface area contributed by atoms with Crippen LogP contribution in [0.25, 0.3) is 0 Å². The van der Waals surface area contributed by atoms with Crippen molar-refractivity contribution in [2.45, 2.75) is 26.2 Å². The van der Waals surface area contributed by atoms with Gasteiger partial charge in [0.25, 0.3) is 0 Å². The van der Waals surface area contributed by atoms with Gasteiger partial charge in [0.05, 0.1) is 12.2 Å². The number of nitrogens with one attached hydrogen (secondary N) is 2. The van der Waals surface area contributed by atoms with Gasteiger partial charge in [-0.3, -0.25) is 5.32 Å². The number of benzene rings is 1. The van der Waals surface area contributed by atoms with Crippen molar-refractivity contribution in [3.05, 3.63) is 45.3 Å². The molecule has 2 aromatic rings. The van der Waals surface area contributed by atoms with Crippen molar-refractivity contribution in [1.82, 2.24) is 0 Å². The van der Waals surface area contributed by atoms with Crippen LogP contribution < -0.4 is 10.6 Å². The van der Waals surface area contributed by atoms with E-state index in [1.165, 1.54) is 11.3 Å². The minimum atomic E-state index is -0.414. The van der Waals surface area contributed by atoms with Crippen molar-refractivity contribution < 1.29 is 14.3 Å². The number of fused-ring (bicyclic) bond motifs is 1. The van der Waals surface area contributed by atoms with Gasteiger partial charge in [-0.2, -0.15) is 0 Å². The summed E-state index contributed by atoms with van der Waals surface area (Å²) in [5, 5.41) is 6.56. The van der Waals surface area contributed by atoms with E-state index < -0.39 is 6.03 Å². The highest BCUT2D eigenvalue weighted by atomic mass is 35.5. The fraction of sp³-hybridized carbons (Fsp3) is 0.294. The van der Waals surface area contributed by atoms with E-state index in [0.29, 0.717) is 27.9 Å². The zero-order valence-corrected chi connectivity index (χ0v) is 14.7. The first kappa shape index (κ1) is 16.8. The van der Waals surface area contributed by atoms with Crippen LogP contribution in [-0.4, -0.2) is 18.6 Å². The van der Waals surface area contributed by atoms with Gasteiger partial charge in [-0.15, -0.1) is 11.3 Å². The quantitative estimate of drug-likeness (QED) is 0.772. The second-order valence-corrected chi connectivity index (χ2v) is 6.91. The number of rotatable bonds is 4. The molecule has 0 fully saturated rings. The highest BCUT2D eigenvalue weighted by Crippen LogP contribution is 2.39. The number of ether oxygens (including phenoxy) is 1. The normalized spacial score (nSPS) is 12.6. The lowest BCUT2D eigenvalue weighted by atomic mass is 10.1. The number of hydrogen-bond donors (Lipinski definition) is 2.